The lowest BCUT2D eigenvalue weighted by Crippen LogP contribution is -2.46. The molecule has 1 amide bonds. The fourth-order valence-corrected chi connectivity index (χ4v) is 5.69. The van der Waals surface area contributed by atoms with E-state index >= 15 is 0 Å². The molecule has 0 bridgehead atoms. The summed E-state index contributed by atoms with van der Waals surface area (Å²) >= 11 is 0. The van der Waals surface area contributed by atoms with E-state index in [0.29, 0.717) is 11.4 Å². The van der Waals surface area contributed by atoms with Crippen molar-refractivity contribution in [1.82, 2.24) is 15.0 Å². The molecule has 1 aliphatic heterocycles. The summed E-state index contributed by atoms with van der Waals surface area (Å²) < 4.78 is 25.2. The van der Waals surface area contributed by atoms with Gasteiger partial charge in [-0.05, 0) is 65.2 Å². The van der Waals surface area contributed by atoms with Gasteiger partial charge < -0.3 is 15.1 Å². The van der Waals surface area contributed by atoms with Gasteiger partial charge in [-0.2, -0.15) is 0 Å². The molecular formula is C32H31N7O3S. The first-order valence-corrected chi connectivity index (χ1v) is 15.8. The highest BCUT2D eigenvalue weighted by molar-refractivity contribution is 7.92. The van der Waals surface area contributed by atoms with Crippen molar-refractivity contribution >= 4 is 49.8 Å². The summed E-state index contributed by atoms with van der Waals surface area (Å²) in [6.07, 6.45) is 6.76. The van der Waals surface area contributed by atoms with Crippen LogP contribution in [0.15, 0.2) is 97.5 Å². The van der Waals surface area contributed by atoms with E-state index in [4.69, 9.17) is 4.98 Å². The number of nitrogens with one attached hydrogen (secondary N) is 2. The molecular weight excluding hydrogens is 562 g/mol. The predicted molar refractivity (Wildman–Crippen MR) is 171 cm³/mol. The molecule has 1 fully saturated rings. The first-order chi connectivity index (χ1) is 20.8. The standard InChI is InChI=1S/C32H31N7O3S/c1-43(41,42)37-27-7-2-23(3-8-27)20-32(40)35-26-9-4-24(5-10-26)25-6-11-29-30(21-25)36-31(22-34-29)39-18-16-38(17-19-39)28-12-14-33-15-13-28/h2-15,21-22,37H,16-20H2,1H3,(H,35,40). The smallest absolute Gasteiger partial charge is 0.229 e. The van der Waals surface area contributed by atoms with Gasteiger partial charge in [0.15, 0.2) is 0 Å². The van der Waals surface area contributed by atoms with Crippen molar-refractivity contribution in [2.75, 3.05) is 52.3 Å². The van der Waals surface area contributed by atoms with Crippen LogP contribution in [-0.4, -0.2) is 61.7 Å². The Balaban J connectivity index is 1.08. The second-order valence-corrected chi connectivity index (χ2v) is 12.2. The number of fused-ring (bicyclic) bond motifs is 1. The number of sulfonamides is 1. The monoisotopic (exact) mass is 593 g/mol. The van der Waals surface area contributed by atoms with E-state index in [-0.39, 0.29) is 12.3 Å². The van der Waals surface area contributed by atoms with Crippen molar-refractivity contribution in [1.29, 1.82) is 0 Å². The van der Waals surface area contributed by atoms with Gasteiger partial charge in [-0.1, -0.05) is 30.3 Å². The number of pyridine rings is 1. The van der Waals surface area contributed by atoms with Crippen molar-refractivity contribution in [3.63, 3.8) is 0 Å². The van der Waals surface area contributed by atoms with Crippen LogP contribution in [0, 0.1) is 0 Å². The molecule has 2 N–H and O–H groups in total. The maximum atomic E-state index is 12.6. The molecule has 3 heterocycles. The number of carbonyl (C=O) groups excluding carboxylic acids is 1. The lowest BCUT2D eigenvalue weighted by atomic mass is 10.0. The Morgan fingerprint density at radius 2 is 1.44 bits per heavy atom. The Morgan fingerprint density at radius 3 is 2.14 bits per heavy atom. The van der Waals surface area contributed by atoms with Crippen LogP contribution < -0.4 is 19.8 Å². The van der Waals surface area contributed by atoms with Crippen molar-refractivity contribution in [3.8, 4) is 11.1 Å². The molecule has 0 unspecified atom stereocenters. The van der Waals surface area contributed by atoms with Crippen LogP contribution in [0.1, 0.15) is 5.56 Å². The minimum atomic E-state index is -3.35. The average molecular weight is 594 g/mol. The number of aromatic nitrogens is 3. The first kappa shape index (κ1) is 28.1. The molecule has 3 aromatic carbocycles. The quantitative estimate of drug-likeness (QED) is 0.269. The van der Waals surface area contributed by atoms with Crippen molar-refractivity contribution in [2.24, 2.45) is 0 Å². The number of hydrogen-bond acceptors (Lipinski definition) is 8. The maximum Gasteiger partial charge on any atom is 0.229 e. The summed E-state index contributed by atoms with van der Waals surface area (Å²) in [6.45, 7) is 3.53. The zero-order chi connectivity index (χ0) is 29.8. The highest BCUT2D eigenvalue weighted by Gasteiger charge is 2.19. The first-order valence-electron chi connectivity index (χ1n) is 13.9. The third-order valence-electron chi connectivity index (χ3n) is 7.28. The molecule has 5 aromatic rings. The third kappa shape index (κ3) is 7.07. The van der Waals surface area contributed by atoms with Gasteiger partial charge in [0.25, 0.3) is 0 Å². The molecule has 6 rings (SSSR count). The molecule has 2 aromatic heterocycles. The molecule has 0 atom stereocenters. The Bertz CT molecular complexity index is 1840. The SMILES string of the molecule is CS(=O)(=O)Nc1ccc(CC(=O)Nc2ccc(-c3ccc4ncc(N5CCN(c6ccncc6)CC5)nc4c3)cc2)cc1. The Morgan fingerprint density at radius 1 is 0.791 bits per heavy atom. The topological polar surface area (TPSA) is 120 Å². The lowest BCUT2D eigenvalue weighted by molar-refractivity contribution is -0.115. The lowest BCUT2D eigenvalue weighted by Gasteiger charge is -2.36. The molecule has 1 aliphatic rings. The van der Waals surface area contributed by atoms with E-state index in [2.05, 4.69) is 35.9 Å². The molecule has 218 valence electrons. The largest absolute Gasteiger partial charge is 0.368 e. The summed E-state index contributed by atoms with van der Waals surface area (Å²) in [5.41, 5.74) is 6.81. The van der Waals surface area contributed by atoms with Crippen LogP contribution in [0.5, 0.6) is 0 Å². The fourth-order valence-electron chi connectivity index (χ4n) is 5.12. The van der Waals surface area contributed by atoms with Crippen LogP contribution in [-0.2, 0) is 21.2 Å². The van der Waals surface area contributed by atoms with Crippen LogP contribution in [0.25, 0.3) is 22.2 Å². The van der Waals surface area contributed by atoms with E-state index in [9.17, 15) is 13.2 Å². The third-order valence-corrected chi connectivity index (χ3v) is 7.89. The molecule has 0 spiro atoms. The van der Waals surface area contributed by atoms with Crippen molar-refractivity contribution < 1.29 is 13.2 Å². The van der Waals surface area contributed by atoms with E-state index in [0.717, 1.165) is 66.0 Å². The number of nitrogens with zero attached hydrogens (tertiary/aromatic N) is 5. The average Bonchev–Trinajstić information content (AvgIpc) is 3.02. The van der Waals surface area contributed by atoms with Gasteiger partial charge in [0.2, 0.25) is 15.9 Å². The summed E-state index contributed by atoms with van der Waals surface area (Å²) in [5.74, 6) is 0.713. The minimum absolute atomic E-state index is 0.160. The number of rotatable bonds is 8. The van der Waals surface area contributed by atoms with Gasteiger partial charge in [0.05, 0.1) is 29.9 Å². The zero-order valence-electron chi connectivity index (χ0n) is 23.6. The number of carbonyl (C=O) groups is 1. The molecule has 0 saturated carbocycles. The molecule has 43 heavy (non-hydrogen) atoms. The molecule has 0 radical (unpaired) electrons. The fraction of sp³-hybridized carbons (Fsp3) is 0.188. The second-order valence-electron chi connectivity index (χ2n) is 10.5. The normalized spacial score (nSPS) is 13.6. The summed E-state index contributed by atoms with van der Waals surface area (Å²) in [4.78, 5) is 31.0. The molecule has 1 saturated heterocycles. The summed E-state index contributed by atoms with van der Waals surface area (Å²) in [7, 11) is -3.35. The number of hydrogen-bond donors (Lipinski definition) is 2. The van der Waals surface area contributed by atoms with E-state index in [1.54, 1.807) is 24.3 Å². The van der Waals surface area contributed by atoms with Crippen LogP contribution in [0.2, 0.25) is 0 Å². The Labute approximate surface area is 250 Å². The summed E-state index contributed by atoms with van der Waals surface area (Å²) in [5, 5.41) is 2.92. The van der Waals surface area contributed by atoms with Gasteiger partial charge in [0.1, 0.15) is 5.82 Å². The zero-order valence-corrected chi connectivity index (χ0v) is 24.5. The van der Waals surface area contributed by atoms with E-state index in [1.807, 2.05) is 67.1 Å². The van der Waals surface area contributed by atoms with Crippen LogP contribution in [0.4, 0.5) is 22.9 Å². The van der Waals surface area contributed by atoms with Crippen molar-refractivity contribution in [2.45, 2.75) is 6.42 Å². The van der Waals surface area contributed by atoms with Gasteiger partial charge in [-0.3, -0.25) is 19.5 Å². The van der Waals surface area contributed by atoms with E-state index in [1.165, 1.54) is 5.69 Å². The predicted octanol–water partition coefficient (Wildman–Crippen LogP) is 4.57. The van der Waals surface area contributed by atoms with Crippen LogP contribution in [0.3, 0.4) is 0 Å². The van der Waals surface area contributed by atoms with Gasteiger partial charge in [-0.15, -0.1) is 0 Å². The molecule has 10 nitrogen and oxygen atoms in total. The van der Waals surface area contributed by atoms with Gasteiger partial charge >= 0.3 is 0 Å². The summed E-state index contributed by atoms with van der Waals surface area (Å²) in [6, 6.07) is 24.6. The highest BCUT2D eigenvalue weighted by atomic mass is 32.2. The van der Waals surface area contributed by atoms with Gasteiger partial charge in [-0.25, -0.2) is 13.4 Å². The molecule has 0 aliphatic carbocycles. The Hall–Kier alpha value is -5.03. The minimum Gasteiger partial charge on any atom is -0.368 e. The second kappa shape index (κ2) is 12.1. The number of piperazine rings is 1. The number of anilines is 4. The molecule has 11 heteroatoms. The highest BCUT2D eigenvalue weighted by Crippen LogP contribution is 2.26. The number of amides is 1. The van der Waals surface area contributed by atoms with Crippen LogP contribution >= 0.6 is 0 Å². The number of benzene rings is 3. The Kier molecular flexibility index (Phi) is 7.89. The van der Waals surface area contributed by atoms with E-state index < -0.39 is 10.0 Å². The van der Waals surface area contributed by atoms with Gasteiger partial charge in [0, 0.05) is 55.6 Å². The van der Waals surface area contributed by atoms with Crippen molar-refractivity contribution in [3.05, 3.63) is 103 Å². The maximum absolute atomic E-state index is 12.6.